The van der Waals surface area contributed by atoms with Gasteiger partial charge >= 0.3 is 0 Å². The average molecular weight is 419 g/mol. The van der Waals surface area contributed by atoms with Crippen LogP contribution in [0.25, 0.3) is 10.8 Å². The van der Waals surface area contributed by atoms with Crippen LogP contribution in [0.15, 0.2) is 58.3 Å². The summed E-state index contributed by atoms with van der Waals surface area (Å²) in [7, 11) is 1.62. The predicted octanol–water partition coefficient (Wildman–Crippen LogP) is 5.01. The van der Waals surface area contributed by atoms with Crippen LogP contribution in [0.2, 0.25) is 0 Å². The molecule has 162 valence electrons. The maximum atomic E-state index is 13.2. The van der Waals surface area contributed by atoms with E-state index in [2.05, 4.69) is 13.8 Å². The van der Waals surface area contributed by atoms with E-state index in [1.807, 2.05) is 48.5 Å². The molecule has 0 spiro atoms. The molecule has 0 saturated heterocycles. The first-order valence-corrected chi connectivity index (χ1v) is 11.0. The third-order valence-electron chi connectivity index (χ3n) is 6.75. The second-order valence-electron chi connectivity index (χ2n) is 8.64. The minimum absolute atomic E-state index is 0.0419. The molecular weight excluding hydrogens is 388 g/mol. The second kappa shape index (κ2) is 8.96. The van der Waals surface area contributed by atoms with Gasteiger partial charge in [-0.05, 0) is 42.0 Å². The molecular formula is C26H30N2O3. The fourth-order valence-electron chi connectivity index (χ4n) is 4.53. The van der Waals surface area contributed by atoms with Gasteiger partial charge in [-0.1, -0.05) is 57.0 Å². The van der Waals surface area contributed by atoms with Crippen molar-refractivity contribution in [3.63, 3.8) is 0 Å². The highest BCUT2D eigenvalue weighted by Gasteiger charge is 2.26. The number of aliphatic imine (C=N–C) groups is 1. The molecule has 0 radical (unpaired) electrons. The summed E-state index contributed by atoms with van der Waals surface area (Å²) < 4.78 is 6.64. The van der Waals surface area contributed by atoms with Gasteiger partial charge in [-0.25, -0.2) is 0 Å². The average Bonchev–Trinajstić information content (AvgIpc) is 2.79. The number of methoxy groups -OCH3 is 1. The van der Waals surface area contributed by atoms with Gasteiger partial charge in [0, 0.05) is 17.0 Å². The molecule has 0 unspecified atom stereocenters. The third-order valence-corrected chi connectivity index (χ3v) is 6.75. The number of benzene rings is 2. The van der Waals surface area contributed by atoms with Crippen LogP contribution in [-0.4, -0.2) is 29.0 Å². The first-order valence-electron chi connectivity index (χ1n) is 11.0. The van der Waals surface area contributed by atoms with Crippen molar-refractivity contribution in [1.82, 2.24) is 4.57 Å². The Morgan fingerprint density at radius 3 is 2.52 bits per heavy atom. The van der Waals surface area contributed by atoms with E-state index in [9.17, 15) is 9.90 Å². The molecule has 4 rings (SSSR count). The van der Waals surface area contributed by atoms with Crippen LogP contribution in [0.5, 0.6) is 11.6 Å². The molecule has 1 saturated carbocycles. The van der Waals surface area contributed by atoms with Crippen molar-refractivity contribution in [1.29, 1.82) is 0 Å². The molecule has 2 aromatic carbocycles. The van der Waals surface area contributed by atoms with E-state index in [1.54, 1.807) is 13.3 Å². The number of ether oxygens (including phenoxy) is 1. The second-order valence-corrected chi connectivity index (χ2v) is 8.64. The first kappa shape index (κ1) is 21.2. The third kappa shape index (κ3) is 4.22. The summed E-state index contributed by atoms with van der Waals surface area (Å²) in [4.78, 5) is 18.0. The van der Waals surface area contributed by atoms with E-state index in [4.69, 9.17) is 9.73 Å². The molecule has 0 amide bonds. The van der Waals surface area contributed by atoms with Crippen LogP contribution in [0.4, 0.5) is 0 Å². The van der Waals surface area contributed by atoms with Crippen molar-refractivity contribution in [2.24, 2.45) is 16.8 Å². The quantitative estimate of drug-likeness (QED) is 0.593. The maximum absolute atomic E-state index is 13.2. The number of hydrogen-bond donors (Lipinski definition) is 1. The van der Waals surface area contributed by atoms with E-state index in [1.165, 1.54) is 17.4 Å². The molecule has 0 aliphatic heterocycles. The smallest absolute Gasteiger partial charge is 0.261 e. The summed E-state index contributed by atoms with van der Waals surface area (Å²) in [5.74, 6) is 1.86. The molecule has 1 fully saturated rings. The molecule has 1 aliphatic carbocycles. The van der Waals surface area contributed by atoms with Gasteiger partial charge < -0.3 is 9.84 Å². The highest BCUT2D eigenvalue weighted by molar-refractivity contribution is 6.01. The van der Waals surface area contributed by atoms with Crippen LogP contribution < -0.4 is 10.3 Å². The van der Waals surface area contributed by atoms with Crippen LogP contribution >= 0.6 is 0 Å². The van der Waals surface area contributed by atoms with Crippen LogP contribution in [-0.2, 0) is 6.54 Å². The Kier molecular flexibility index (Phi) is 6.12. The van der Waals surface area contributed by atoms with Crippen molar-refractivity contribution in [3.8, 4) is 11.6 Å². The van der Waals surface area contributed by atoms with Gasteiger partial charge in [0.15, 0.2) is 0 Å². The Bertz CT molecular complexity index is 1150. The molecule has 1 aliphatic rings. The van der Waals surface area contributed by atoms with Crippen LogP contribution in [0.3, 0.4) is 0 Å². The zero-order valence-corrected chi connectivity index (χ0v) is 18.4. The summed E-state index contributed by atoms with van der Waals surface area (Å²) in [6.45, 7) is 4.82. The number of aromatic nitrogens is 1. The number of rotatable bonds is 5. The summed E-state index contributed by atoms with van der Waals surface area (Å²) in [6.07, 6.45) is 5.26. The molecule has 3 aromatic rings. The Hall–Kier alpha value is -3.08. The number of pyridine rings is 1. The summed E-state index contributed by atoms with van der Waals surface area (Å²) in [5, 5.41) is 12.4. The fourth-order valence-corrected chi connectivity index (χ4v) is 4.53. The van der Waals surface area contributed by atoms with Crippen molar-refractivity contribution in [3.05, 3.63) is 70.0 Å². The lowest BCUT2D eigenvalue weighted by Crippen LogP contribution is -2.27. The van der Waals surface area contributed by atoms with Crippen molar-refractivity contribution < 1.29 is 9.84 Å². The summed E-state index contributed by atoms with van der Waals surface area (Å²) in [5.41, 5.74) is 1.31. The molecule has 1 N–H and O–H groups in total. The lowest BCUT2D eigenvalue weighted by atomic mass is 9.78. The standard InChI is InChI=1S/C26H30N2O3/c1-17-7-6-10-24(18(17)2)27-15-23-21-8-4-5-9-22(21)25(29)28(26(23)30)16-19-11-13-20(31-3)14-12-19/h4-5,8-9,11-15,17-18,24,30H,6-7,10,16H2,1-3H3/t17-,18-,24+/m1/s1. The van der Waals surface area contributed by atoms with Gasteiger partial charge in [-0.3, -0.25) is 14.4 Å². The molecule has 1 aromatic heterocycles. The monoisotopic (exact) mass is 418 g/mol. The molecule has 3 atom stereocenters. The van der Waals surface area contributed by atoms with Gasteiger partial charge in [0.1, 0.15) is 5.75 Å². The minimum Gasteiger partial charge on any atom is -0.497 e. The molecule has 5 nitrogen and oxygen atoms in total. The van der Waals surface area contributed by atoms with Gasteiger partial charge in [0.2, 0.25) is 5.88 Å². The van der Waals surface area contributed by atoms with E-state index >= 15 is 0 Å². The van der Waals surface area contributed by atoms with Crippen molar-refractivity contribution in [2.45, 2.75) is 45.7 Å². The topological polar surface area (TPSA) is 63.8 Å². The Labute approximate surface area is 183 Å². The van der Waals surface area contributed by atoms with Gasteiger partial charge in [0.25, 0.3) is 5.56 Å². The van der Waals surface area contributed by atoms with Gasteiger partial charge in [0.05, 0.1) is 25.3 Å². The molecule has 0 bridgehead atoms. The van der Waals surface area contributed by atoms with E-state index < -0.39 is 0 Å². The van der Waals surface area contributed by atoms with Crippen LogP contribution in [0.1, 0.15) is 44.2 Å². The minimum atomic E-state index is -0.208. The first-order chi connectivity index (χ1) is 15.0. The van der Waals surface area contributed by atoms with E-state index in [-0.39, 0.29) is 24.0 Å². The lowest BCUT2D eigenvalue weighted by molar-refractivity contribution is 0.242. The Morgan fingerprint density at radius 2 is 1.81 bits per heavy atom. The largest absolute Gasteiger partial charge is 0.497 e. The number of fused-ring (bicyclic) bond motifs is 1. The normalized spacial score (nSPS) is 21.6. The van der Waals surface area contributed by atoms with Gasteiger partial charge in [-0.15, -0.1) is 0 Å². The SMILES string of the molecule is COc1ccc(Cn2c(O)c(C=N[C@H]3CCC[C@@H](C)[C@H]3C)c3ccccc3c2=O)cc1. The maximum Gasteiger partial charge on any atom is 0.261 e. The molecule has 5 heteroatoms. The van der Waals surface area contributed by atoms with Crippen molar-refractivity contribution >= 4 is 17.0 Å². The van der Waals surface area contributed by atoms with E-state index in [0.29, 0.717) is 22.8 Å². The van der Waals surface area contributed by atoms with Crippen LogP contribution in [0, 0.1) is 11.8 Å². The summed E-state index contributed by atoms with van der Waals surface area (Å²) in [6, 6.07) is 15.2. The summed E-state index contributed by atoms with van der Waals surface area (Å²) >= 11 is 0. The molecule has 31 heavy (non-hydrogen) atoms. The highest BCUT2D eigenvalue weighted by atomic mass is 16.5. The Balaban J connectivity index is 1.77. The molecule has 1 heterocycles. The zero-order chi connectivity index (χ0) is 22.0. The van der Waals surface area contributed by atoms with E-state index in [0.717, 1.165) is 23.1 Å². The Morgan fingerprint density at radius 1 is 1.10 bits per heavy atom. The fraction of sp³-hybridized carbons (Fsp3) is 0.385. The highest BCUT2D eigenvalue weighted by Crippen LogP contribution is 2.32. The zero-order valence-electron chi connectivity index (χ0n) is 18.4. The van der Waals surface area contributed by atoms with Crippen molar-refractivity contribution in [2.75, 3.05) is 7.11 Å². The number of aromatic hydroxyl groups is 1. The van der Waals surface area contributed by atoms with Gasteiger partial charge in [-0.2, -0.15) is 0 Å². The predicted molar refractivity (Wildman–Crippen MR) is 126 cm³/mol. The lowest BCUT2D eigenvalue weighted by Gasteiger charge is -2.31. The number of nitrogens with zero attached hydrogens (tertiary/aromatic N) is 2. The number of hydrogen-bond acceptors (Lipinski definition) is 4.